The van der Waals surface area contributed by atoms with Crippen LogP contribution in [0.5, 0.6) is 0 Å². The van der Waals surface area contributed by atoms with Crippen LogP contribution in [0, 0.1) is 13.8 Å². The molecule has 2 heterocycles. The Morgan fingerprint density at radius 3 is 2.57 bits per heavy atom. The molecule has 0 spiro atoms. The maximum Gasteiger partial charge on any atom is 0.356 e. The first-order valence-corrected chi connectivity index (χ1v) is 6.99. The summed E-state index contributed by atoms with van der Waals surface area (Å²) in [6.07, 6.45) is 2.87. The fourth-order valence-corrected chi connectivity index (χ4v) is 2.12. The maximum atomic E-state index is 11.0. The number of hydrogen-bond donors (Lipinski definition) is 2. The lowest BCUT2D eigenvalue weighted by molar-refractivity contribution is 0.0691. The van der Waals surface area contributed by atoms with Crippen molar-refractivity contribution in [2.75, 3.05) is 5.32 Å². The zero-order valence-corrected chi connectivity index (χ0v) is 12.7. The summed E-state index contributed by atoms with van der Waals surface area (Å²) in [6, 6.07) is 9.59. The van der Waals surface area contributed by atoms with Gasteiger partial charge in [-0.3, -0.25) is 4.57 Å². The third kappa shape index (κ3) is 3.03. The summed E-state index contributed by atoms with van der Waals surface area (Å²) >= 11 is 0. The first kappa shape index (κ1) is 14.7. The number of carboxylic acids is 1. The normalized spacial score (nSPS) is 10.5. The Hall–Kier alpha value is -3.22. The molecule has 7 heteroatoms. The summed E-state index contributed by atoms with van der Waals surface area (Å²) in [5.41, 5.74) is 2.51. The molecular formula is C16H15N5O2. The standard InChI is InChI=1S/C16H15N5O2/c1-10-11(2)18-16(19-12-6-4-3-5-7-12)20-14(10)21-8-13(15(22)23)17-9-21/h3-9H,1-2H3,(H,22,23)(H,18,19,20). The largest absolute Gasteiger partial charge is 0.476 e. The number of aromatic nitrogens is 4. The number of aromatic carboxylic acids is 1. The lowest BCUT2D eigenvalue weighted by Gasteiger charge is -2.11. The fourth-order valence-electron chi connectivity index (χ4n) is 2.12. The summed E-state index contributed by atoms with van der Waals surface area (Å²) in [7, 11) is 0. The molecule has 0 saturated carbocycles. The van der Waals surface area contributed by atoms with Crippen molar-refractivity contribution in [1.29, 1.82) is 0 Å². The van der Waals surface area contributed by atoms with Crippen molar-refractivity contribution in [3.63, 3.8) is 0 Å². The van der Waals surface area contributed by atoms with Crippen LogP contribution in [-0.2, 0) is 0 Å². The van der Waals surface area contributed by atoms with Gasteiger partial charge in [-0.2, -0.15) is 4.98 Å². The van der Waals surface area contributed by atoms with E-state index in [1.54, 1.807) is 4.57 Å². The van der Waals surface area contributed by atoms with E-state index in [1.165, 1.54) is 12.5 Å². The number of rotatable bonds is 4. The smallest absolute Gasteiger partial charge is 0.356 e. The minimum atomic E-state index is -1.07. The van der Waals surface area contributed by atoms with Gasteiger partial charge in [0.1, 0.15) is 12.1 Å². The summed E-state index contributed by atoms with van der Waals surface area (Å²) in [5, 5.41) is 12.1. The average molecular weight is 309 g/mol. The van der Waals surface area contributed by atoms with Crippen LogP contribution in [0.4, 0.5) is 11.6 Å². The summed E-state index contributed by atoms with van der Waals surface area (Å²) in [6.45, 7) is 3.77. The number of nitrogens with one attached hydrogen (secondary N) is 1. The Morgan fingerprint density at radius 1 is 1.17 bits per heavy atom. The minimum absolute atomic E-state index is 0.0294. The lowest BCUT2D eigenvalue weighted by atomic mass is 10.2. The predicted octanol–water partition coefficient (Wildman–Crippen LogP) is 2.72. The highest BCUT2D eigenvalue weighted by atomic mass is 16.4. The maximum absolute atomic E-state index is 11.0. The molecule has 2 aromatic heterocycles. The van der Waals surface area contributed by atoms with E-state index in [0.717, 1.165) is 16.9 Å². The van der Waals surface area contributed by atoms with Gasteiger partial charge in [0.2, 0.25) is 5.95 Å². The molecule has 0 atom stereocenters. The molecule has 0 aliphatic rings. The Kier molecular flexibility index (Phi) is 3.76. The van der Waals surface area contributed by atoms with Crippen molar-refractivity contribution in [3.05, 3.63) is 59.8 Å². The molecular weight excluding hydrogens is 294 g/mol. The van der Waals surface area contributed by atoms with E-state index in [2.05, 4.69) is 20.3 Å². The number of carbonyl (C=O) groups is 1. The lowest BCUT2D eigenvalue weighted by Crippen LogP contribution is -2.07. The minimum Gasteiger partial charge on any atom is -0.476 e. The van der Waals surface area contributed by atoms with E-state index in [0.29, 0.717) is 11.8 Å². The predicted molar refractivity (Wildman–Crippen MR) is 85.3 cm³/mol. The van der Waals surface area contributed by atoms with Crippen LogP contribution < -0.4 is 5.32 Å². The van der Waals surface area contributed by atoms with E-state index < -0.39 is 5.97 Å². The molecule has 0 amide bonds. The van der Waals surface area contributed by atoms with Crippen LogP contribution >= 0.6 is 0 Å². The highest BCUT2D eigenvalue weighted by Gasteiger charge is 2.13. The summed E-state index contributed by atoms with van der Waals surface area (Å²) in [5.74, 6) is -0.0365. The van der Waals surface area contributed by atoms with Gasteiger partial charge in [0, 0.05) is 23.1 Å². The van der Waals surface area contributed by atoms with Gasteiger partial charge in [0.15, 0.2) is 5.69 Å². The Balaban J connectivity index is 2.01. The molecule has 2 N–H and O–H groups in total. The zero-order chi connectivity index (χ0) is 16.4. The first-order valence-electron chi connectivity index (χ1n) is 6.99. The van der Waals surface area contributed by atoms with Gasteiger partial charge in [-0.15, -0.1) is 0 Å². The van der Waals surface area contributed by atoms with E-state index >= 15 is 0 Å². The van der Waals surface area contributed by atoms with Crippen molar-refractivity contribution >= 4 is 17.6 Å². The van der Waals surface area contributed by atoms with Crippen molar-refractivity contribution < 1.29 is 9.90 Å². The summed E-state index contributed by atoms with van der Waals surface area (Å²) in [4.78, 5) is 23.7. The molecule has 116 valence electrons. The third-order valence-electron chi connectivity index (χ3n) is 3.44. The van der Waals surface area contributed by atoms with Gasteiger partial charge in [0.05, 0.1) is 0 Å². The quantitative estimate of drug-likeness (QED) is 0.769. The molecule has 0 aliphatic heterocycles. The van der Waals surface area contributed by atoms with Gasteiger partial charge in [-0.1, -0.05) is 18.2 Å². The van der Waals surface area contributed by atoms with E-state index in [9.17, 15) is 4.79 Å². The summed E-state index contributed by atoms with van der Waals surface area (Å²) < 4.78 is 1.59. The van der Waals surface area contributed by atoms with Gasteiger partial charge >= 0.3 is 5.97 Å². The van der Waals surface area contributed by atoms with Crippen LogP contribution in [0.3, 0.4) is 0 Å². The molecule has 0 unspecified atom stereocenters. The van der Waals surface area contributed by atoms with Gasteiger partial charge in [-0.05, 0) is 26.0 Å². The van der Waals surface area contributed by atoms with Crippen molar-refractivity contribution in [1.82, 2.24) is 19.5 Å². The molecule has 0 fully saturated rings. The molecule has 23 heavy (non-hydrogen) atoms. The number of benzene rings is 1. The molecule has 3 rings (SSSR count). The second-order valence-electron chi connectivity index (χ2n) is 5.04. The molecule has 0 radical (unpaired) electrons. The van der Waals surface area contributed by atoms with Gasteiger partial charge < -0.3 is 10.4 Å². The molecule has 0 saturated heterocycles. The van der Waals surface area contributed by atoms with E-state index in [4.69, 9.17) is 5.11 Å². The topological polar surface area (TPSA) is 92.9 Å². The van der Waals surface area contributed by atoms with Crippen LogP contribution in [0.25, 0.3) is 5.82 Å². The number of aryl methyl sites for hydroxylation is 1. The van der Waals surface area contributed by atoms with Crippen molar-refractivity contribution in [2.45, 2.75) is 13.8 Å². The number of nitrogens with zero attached hydrogens (tertiary/aromatic N) is 4. The number of para-hydroxylation sites is 1. The second kappa shape index (κ2) is 5.88. The molecule has 7 nitrogen and oxygen atoms in total. The third-order valence-corrected chi connectivity index (χ3v) is 3.44. The van der Waals surface area contributed by atoms with Crippen molar-refractivity contribution in [2.24, 2.45) is 0 Å². The second-order valence-corrected chi connectivity index (χ2v) is 5.04. The van der Waals surface area contributed by atoms with Crippen LogP contribution in [-0.4, -0.2) is 30.6 Å². The number of imidazole rings is 1. The molecule has 0 aliphatic carbocycles. The van der Waals surface area contributed by atoms with Crippen molar-refractivity contribution in [3.8, 4) is 5.82 Å². The molecule has 1 aromatic carbocycles. The van der Waals surface area contributed by atoms with E-state index in [1.807, 2.05) is 44.2 Å². The number of carboxylic acid groups (broad SMARTS) is 1. The van der Waals surface area contributed by atoms with Crippen LogP contribution in [0.15, 0.2) is 42.9 Å². The monoisotopic (exact) mass is 309 g/mol. The first-order chi connectivity index (χ1) is 11.0. The fraction of sp³-hybridized carbons (Fsp3) is 0.125. The molecule has 3 aromatic rings. The van der Waals surface area contributed by atoms with Gasteiger partial charge in [0.25, 0.3) is 0 Å². The highest BCUT2D eigenvalue weighted by Crippen LogP contribution is 2.19. The number of anilines is 2. The van der Waals surface area contributed by atoms with Crippen LogP contribution in [0.1, 0.15) is 21.7 Å². The van der Waals surface area contributed by atoms with E-state index in [-0.39, 0.29) is 5.69 Å². The van der Waals surface area contributed by atoms with Crippen LogP contribution in [0.2, 0.25) is 0 Å². The number of hydrogen-bond acceptors (Lipinski definition) is 5. The Bertz CT molecular complexity index is 858. The zero-order valence-electron chi connectivity index (χ0n) is 12.7. The molecule has 0 bridgehead atoms. The Labute approximate surface area is 132 Å². The highest BCUT2D eigenvalue weighted by molar-refractivity contribution is 5.85. The SMILES string of the molecule is Cc1nc(Nc2ccccc2)nc(-n2cnc(C(=O)O)c2)c1C. The Morgan fingerprint density at radius 2 is 1.91 bits per heavy atom. The average Bonchev–Trinajstić information content (AvgIpc) is 3.02. The van der Waals surface area contributed by atoms with Gasteiger partial charge in [-0.25, -0.2) is 14.8 Å².